The summed E-state index contributed by atoms with van der Waals surface area (Å²) in [6, 6.07) is 10.5. The Bertz CT molecular complexity index is 684. The summed E-state index contributed by atoms with van der Waals surface area (Å²) >= 11 is 0. The number of aryl methyl sites for hydroxylation is 1. The molecule has 0 spiro atoms. The lowest BCUT2D eigenvalue weighted by Crippen LogP contribution is -2.28. The first-order valence-corrected chi connectivity index (χ1v) is 7.43. The van der Waals surface area contributed by atoms with Crippen molar-refractivity contribution in [2.45, 2.75) is 25.3 Å². The minimum atomic E-state index is -0.0914. The second kappa shape index (κ2) is 5.75. The SMILES string of the molecule is Cc1nc(N(C)C)ncc1C(=O)NC1CC1c1ccccc1. The highest BCUT2D eigenvalue weighted by atomic mass is 16.1. The summed E-state index contributed by atoms with van der Waals surface area (Å²) in [5, 5.41) is 3.08. The zero-order chi connectivity index (χ0) is 15.7. The number of hydrogen-bond acceptors (Lipinski definition) is 4. The van der Waals surface area contributed by atoms with Crippen molar-refractivity contribution in [1.29, 1.82) is 0 Å². The second-order valence-electron chi connectivity index (χ2n) is 5.90. The van der Waals surface area contributed by atoms with Gasteiger partial charge in [0.05, 0.1) is 11.3 Å². The van der Waals surface area contributed by atoms with Crippen LogP contribution in [0.15, 0.2) is 36.5 Å². The summed E-state index contributed by atoms with van der Waals surface area (Å²) in [7, 11) is 3.76. The van der Waals surface area contributed by atoms with E-state index in [1.165, 1.54) is 5.56 Å². The monoisotopic (exact) mass is 296 g/mol. The van der Waals surface area contributed by atoms with Crippen molar-refractivity contribution < 1.29 is 4.79 Å². The van der Waals surface area contributed by atoms with Crippen LogP contribution in [0.3, 0.4) is 0 Å². The highest BCUT2D eigenvalue weighted by Gasteiger charge is 2.39. The van der Waals surface area contributed by atoms with Crippen LogP contribution in [0.5, 0.6) is 0 Å². The van der Waals surface area contributed by atoms with Crippen molar-refractivity contribution in [2.75, 3.05) is 19.0 Å². The van der Waals surface area contributed by atoms with Crippen LogP contribution in [0.1, 0.15) is 34.0 Å². The Morgan fingerprint density at radius 2 is 2.00 bits per heavy atom. The van der Waals surface area contributed by atoms with Crippen LogP contribution < -0.4 is 10.2 Å². The molecule has 1 aromatic heterocycles. The zero-order valence-electron chi connectivity index (χ0n) is 13.1. The van der Waals surface area contributed by atoms with Crippen LogP contribution in [0, 0.1) is 6.92 Å². The maximum Gasteiger partial charge on any atom is 0.254 e. The summed E-state index contributed by atoms with van der Waals surface area (Å²) in [6.45, 7) is 1.84. The van der Waals surface area contributed by atoms with E-state index in [0.717, 1.165) is 6.42 Å². The minimum absolute atomic E-state index is 0.0914. The molecule has 2 aromatic rings. The van der Waals surface area contributed by atoms with E-state index in [0.29, 0.717) is 23.1 Å². The van der Waals surface area contributed by atoms with Gasteiger partial charge in [-0.25, -0.2) is 9.97 Å². The Morgan fingerprint density at radius 3 is 2.64 bits per heavy atom. The predicted molar refractivity (Wildman–Crippen MR) is 86.2 cm³/mol. The van der Waals surface area contributed by atoms with Gasteiger partial charge in [0.1, 0.15) is 0 Å². The molecule has 0 radical (unpaired) electrons. The lowest BCUT2D eigenvalue weighted by Gasteiger charge is -2.12. The average Bonchev–Trinajstić information content (AvgIpc) is 3.27. The number of hydrogen-bond donors (Lipinski definition) is 1. The first kappa shape index (κ1) is 14.5. The van der Waals surface area contributed by atoms with E-state index < -0.39 is 0 Å². The highest BCUT2D eigenvalue weighted by molar-refractivity contribution is 5.95. The van der Waals surface area contributed by atoms with Gasteiger partial charge in [-0.1, -0.05) is 30.3 Å². The highest BCUT2D eigenvalue weighted by Crippen LogP contribution is 2.40. The lowest BCUT2D eigenvalue weighted by molar-refractivity contribution is 0.0949. The molecule has 114 valence electrons. The van der Waals surface area contributed by atoms with Gasteiger partial charge in [0.2, 0.25) is 5.95 Å². The topological polar surface area (TPSA) is 58.1 Å². The molecule has 1 aliphatic rings. The van der Waals surface area contributed by atoms with Crippen molar-refractivity contribution in [2.24, 2.45) is 0 Å². The summed E-state index contributed by atoms with van der Waals surface area (Å²) < 4.78 is 0. The van der Waals surface area contributed by atoms with Crippen LogP contribution in [-0.2, 0) is 0 Å². The second-order valence-corrected chi connectivity index (χ2v) is 5.90. The molecule has 0 aliphatic heterocycles. The maximum atomic E-state index is 12.4. The number of amides is 1. The Balaban J connectivity index is 1.66. The van der Waals surface area contributed by atoms with E-state index >= 15 is 0 Å². The molecular weight excluding hydrogens is 276 g/mol. The molecular formula is C17H20N4O. The number of aromatic nitrogens is 2. The molecule has 3 rings (SSSR count). The van der Waals surface area contributed by atoms with E-state index in [4.69, 9.17) is 0 Å². The fourth-order valence-corrected chi connectivity index (χ4v) is 2.56. The number of carbonyl (C=O) groups excluding carboxylic acids is 1. The average molecular weight is 296 g/mol. The van der Waals surface area contributed by atoms with Gasteiger partial charge < -0.3 is 10.2 Å². The number of benzene rings is 1. The van der Waals surface area contributed by atoms with Gasteiger partial charge in [-0.05, 0) is 18.9 Å². The number of carbonyl (C=O) groups is 1. The smallest absolute Gasteiger partial charge is 0.254 e. The van der Waals surface area contributed by atoms with Crippen molar-refractivity contribution in [3.8, 4) is 0 Å². The largest absolute Gasteiger partial charge is 0.349 e. The molecule has 1 N–H and O–H groups in total. The number of nitrogens with one attached hydrogen (secondary N) is 1. The molecule has 1 aromatic carbocycles. The third-order valence-electron chi connectivity index (χ3n) is 3.95. The standard InChI is InChI=1S/C17H20N4O/c1-11-14(10-18-17(19-11)21(2)3)16(22)20-15-9-13(15)12-7-5-4-6-8-12/h4-8,10,13,15H,9H2,1-3H3,(H,20,22). The third-order valence-corrected chi connectivity index (χ3v) is 3.95. The number of anilines is 1. The van der Waals surface area contributed by atoms with Gasteiger partial charge in [0, 0.05) is 32.3 Å². The van der Waals surface area contributed by atoms with Gasteiger partial charge >= 0.3 is 0 Å². The molecule has 2 atom stereocenters. The summed E-state index contributed by atoms with van der Waals surface area (Å²) in [5.74, 6) is 0.946. The molecule has 1 amide bonds. The normalized spacial score (nSPS) is 19.6. The fourth-order valence-electron chi connectivity index (χ4n) is 2.56. The van der Waals surface area contributed by atoms with E-state index in [2.05, 4.69) is 27.4 Å². The van der Waals surface area contributed by atoms with Crippen LogP contribution >= 0.6 is 0 Å². The Kier molecular flexibility index (Phi) is 3.79. The van der Waals surface area contributed by atoms with Gasteiger partial charge in [-0.3, -0.25) is 4.79 Å². The molecule has 0 saturated heterocycles. The van der Waals surface area contributed by atoms with Crippen molar-refractivity contribution in [3.05, 3.63) is 53.3 Å². The van der Waals surface area contributed by atoms with Crippen LogP contribution in [0.25, 0.3) is 0 Å². The summed E-state index contributed by atoms with van der Waals surface area (Å²) in [4.78, 5) is 22.8. The van der Waals surface area contributed by atoms with Gasteiger partial charge in [-0.15, -0.1) is 0 Å². The fraction of sp³-hybridized carbons (Fsp3) is 0.353. The first-order valence-electron chi connectivity index (χ1n) is 7.43. The van der Waals surface area contributed by atoms with Gasteiger partial charge in [0.15, 0.2) is 0 Å². The van der Waals surface area contributed by atoms with Crippen LogP contribution in [0.2, 0.25) is 0 Å². The Labute approximate surface area is 130 Å². The third kappa shape index (κ3) is 2.93. The molecule has 2 unspecified atom stereocenters. The summed E-state index contributed by atoms with van der Waals surface area (Å²) in [6.07, 6.45) is 2.60. The zero-order valence-corrected chi connectivity index (χ0v) is 13.1. The molecule has 1 heterocycles. The Morgan fingerprint density at radius 1 is 1.27 bits per heavy atom. The van der Waals surface area contributed by atoms with Crippen LogP contribution in [0.4, 0.5) is 5.95 Å². The Hall–Kier alpha value is -2.43. The lowest BCUT2D eigenvalue weighted by atomic mass is 10.1. The van der Waals surface area contributed by atoms with E-state index in [9.17, 15) is 4.79 Å². The van der Waals surface area contributed by atoms with E-state index in [1.807, 2.05) is 44.1 Å². The molecule has 5 heteroatoms. The minimum Gasteiger partial charge on any atom is -0.349 e. The number of nitrogens with zero attached hydrogens (tertiary/aromatic N) is 3. The van der Waals surface area contributed by atoms with E-state index in [1.54, 1.807) is 6.20 Å². The molecule has 1 saturated carbocycles. The number of rotatable bonds is 4. The van der Waals surface area contributed by atoms with Gasteiger partial charge in [0.25, 0.3) is 5.91 Å². The predicted octanol–water partition coefficient (Wildman–Crippen LogP) is 2.14. The molecule has 1 aliphatic carbocycles. The van der Waals surface area contributed by atoms with Crippen molar-refractivity contribution >= 4 is 11.9 Å². The molecule has 22 heavy (non-hydrogen) atoms. The summed E-state index contributed by atoms with van der Waals surface area (Å²) in [5.41, 5.74) is 2.53. The quantitative estimate of drug-likeness (QED) is 0.939. The molecule has 0 bridgehead atoms. The van der Waals surface area contributed by atoms with Crippen molar-refractivity contribution in [1.82, 2.24) is 15.3 Å². The first-order chi connectivity index (χ1) is 10.6. The molecule has 5 nitrogen and oxygen atoms in total. The van der Waals surface area contributed by atoms with Crippen LogP contribution in [-0.4, -0.2) is 36.0 Å². The van der Waals surface area contributed by atoms with E-state index in [-0.39, 0.29) is 11.9 Å². The maximum absolute atomic E-state index is 12.4. The van der Waals surface area contributed by atoms with Crippen molar-refractivity contribution in [3.63, 3.8) is 0 Å². The van der Waals surface area contributed by atoms with Gasteiger partial charge in [-0.2, -0.15) is 0 Å². The molecule has 1 fully saturated rings.